The Balaban J connectivity index is 1.76. The molecule has 4 aromatic rings. The summed E-state index contributed by atoms with van der Waals surface area (Å²) < 4.78 is 39.4. The van der Waals surface area contributed by atoms with Crippen LogP contribution < -0.4 is 9.47 Å². The Labute approximate surface area is 208 Å². The van der Waals surface area contributed by atoms with Gasteiger partial charge in [0.2, 0.25) is 0 Å². The van der Waals surface area contributed by atoms with Crippen LogP contribution >= 0.6 is 0 Å². The summed E-state index contributed by atoms with van der Waals surface area (Å²) in [5.74, 6) is 1.49. The van der Waals surface area contributed by atoms with E-state index in [0.29, 0.717) is 12.8 Å². The van der Waals surface area contributed by atoms with Crippen molar-refractivity contribution in [3.05, 3.63) is 131 Å². The van der Waals surface area contributed by atoms with Crippen molar-refractivity contribution < 1.29 is 17.9 Å². The largest absolute Gasteiger partial charge is 0.497 e. The third-order valence-corrected chi connectivity index (χ3v) is 8.76. The van der Waals surface area contributed by atoms with Gasteiger partial charge in [0.1, 0.15) is 11.5 Å². The molecule has 2 atom stereocenters. The zero-order valence-corrected chi connectivity index (χ0v) is 20.8. The number of rotatable bonds is 10. The van der Waals surface area contributed by atoms with Crippen molar-refractivity contribution in [3.8, 4) is 11.5 Å². The maximum absolute atomic E-state index is 14.4. The molecule has 0 aliphatic carbocycles. The molecule has 0 heterocycles. The molecule has 0 aliphatic heterocycles. The number of ether oxygens (including phenoxy) is 2. The van der Waals surface area contributed by atoms with Crippen LogP contribution in [0.2, 0.25) is 0 Å². The van der Waals surface area contributed by atoms with Crippen LogP contribution in [0.4, 0.5) is 0 Å². The minimum atomic E-state index is -3.66. The molecule has 4 nitrogen and oxygen atoms in total. The smallest absolute Gasteiger partial charge is 0.164 e. The lowest BCUT2D eigenvalue weighted by Crippen LogP contribution is -2.24. The minimum Gasteiger partial charge on any atom is -0.497 e. The van der Waals surface area contributed by atoms with E-state index in [1.54, 1.807) is 14.2 Å². The molecule has 5 heteroatoms. The molecular weight excluding hydrogens is 456 g/mol. The third kappa shape index (κ3) is 5.92. The maximum Gasteiger partial charge on any atom is 0.164 e. The van der Waals surface area contributed by atoms with E-state index < -0.39 is 20.3 Å². The second-order valence-electron chi connectivity index (χ2n) is 8.49. The highest BCUT2D eigenvalue weighted by molar-refractivity contribution is 7.91. The first-order valence-electron chi connectivity index (χ1n) is 11.6. The van der Waals surface area contributed by atoms with Crippen LogP contribution in [0.25, 0.3) is 0 Å². The number of sulfone groups is 1. The van der Waals surface area contributed by atoms with Gasteiger partial charge in [-0.15, -0.1) is 0 Å². The summed E-state index contributed by atoms with van der Waals surface area (Å²) in [6, 6.07) is 34.2. The fourth-order valence-electron chi connectivity index (χ4n) is 4.33. The molecule has 0 bridgehead atoms. The topological polar surface area (TPSA) is 52.6 Å². The van der Waals surface area contributed by atoms with Gasteiger partial charge >= 0.3 is 0 Å². The Kier molecular flexibility index (Phi) is 7.88. The minimum absolute atomic E-state index is 0.377. The van der Waals surface area contributed by atoms with Gasteiger partial charge in [0.25, 0.3) is 0 Å². The van der Waals surface area contributed by atoms with Crippen molar-refractivity contribution in [3.63, 3.8) is 0 Å². The number of methoxy groups -OCH3 is 2. The molecule has 4 rings (SSSR count). The molecule has 0 fully saturated rings. The first-order valence-corrected chi connectivity index (χ1v) is 13.2. The summed E-state index contributed by atoms with van der Waals surface area (Å²) >= 11 is 0. The van der Waals surface area contributed by atoms with Crippen molar-refractivity contribution in [1.29, 1.82) is 0 Å². The van der Waals surface area contributed by atoms with Crippen LogP contribution in [0.15, 0.2) is 109 Å². The van der Waals surface area contributed by atoms with Gasteiger partial charge in [-0.25, -0.2) is 8.42 Å². The van der Waals surface area contributed by atoms with Gasteiger partial charge in [-0.1, -0.05) is 84.9 Å². The van der Waals surface area contributed by atoms with E-state index in [1.807, 2.05) is 109 Å². The van der Waals surface area contributed by atoms with Crippen LogP contribution in [-0.4, -0.2) is 22.6 Å². The zero-order chi connectivity index (χ0) is 24.7. The van der Waals surface area contributed by atoms with Gasteiger partial charge in [-0.2, -0.15) is 0 Å². The van der Waals surface area contributed by atoms with Crippen LogP contribution in [-0.2, 0) is 22.7 Å². The summed E-state index contributed by atoms with van der Waals surface area (Å²) in [5, 5.41) is -1.39. The Hall–Kier alpha value is -3.57. The lowest BCUT2D eigenvalue weighted by Gasteiger charge is -2.26. The van der Waals surface area contributed by atoms with Crippen molar-refractivity contribution >= 4 is 9.84 Å². The number of hydrogen-bond acceptors (Lipinski definition) is 4. The Bertz CT molecular complexity index is 1200. The van der Waals surface area contributed by atoms with Gasteiger partial charge in [0.05, 0.1) is 24.7 Å². The van der Waals surface area contributed by atoms with E-state index in [9.17, 15) is 8.42 Å². The molecular formula is C30H30O4S. The quantitative estimate of drug-likeness (QED) is 0.261. The predicted molar refractivity (Wildman–Crippen MR) is 141 cm³/mol. The molecule has 0 saturated heterocycles. The molecule has 0 spiro atoms. The molecule has 2 unspecified atom stereocenters. The lowest BCUT2D eigenvalue weighted by molar-refractivity contribution is 0.414. The van der Waals surface area contributed by atoms with Crippen LogP contribution in [0, 0.1) is 0 Å². The van der Waals surface area contributed by atoms with E-state index in [2.05, 4.69) is 0 Å². The monoisotopic (exact) mass is 486 g/mol. The molecule has 35 heavy (non-hydrogen) atoms. The SMILES string of the molecule is COc1ccc(CC(c2ccccc2)S(=O)(=O)C(Cc2ccc(OC)cc2)c2ccccc2)cc1. The summed E-state index contributed by atoms with van der Waals surface area (Å²) in [7, 11) is -0.418. The van der Waals surface area contributed by atoms with E-state index >= 15 is 0 Å². The molecule has 0 amide bonds. The van der Waals surface area contributed by atoms with Crippen molar-refractivity contribution in [1.82, 2.24) is 0 Å². The summed E-state index contributed by atoms with van der Waals surface area (Å²) in [6.45, 7) is 0. The molecule has 0 N–H and O–H groups in total. The zero-order valence-electron chi connectivity index (χ0n) is 20.0. The average molecular weight is 487 g/mol. The first kappa shape index (κ1) is 24.6. The Morgan fingerprint density at radius 2 is 0.886 bits per heavy atom. The summed E-state index contributed by atoms with van der Waals surface area (Å²) in [5.41, 5.74) is 3.47. The lowest BCUT2D eigenvalue weighted by atomic mass is 10.0. The average Bonchev–Trinajstić information content (AvgIpc) is 2.91. The predicted octanol–water partition coefficient (Wildman–Crippen LogP) is 6.39. The molecule has 0 saturated carbocycles. The number of benzene rings is 4. The molecule has 4 aromatic carbocycles. The van der Waals surface area contributed by atoms with Gasteiger partial charge in [0.15, 0.2) is 9.84 Å². The Morgan fingerprint density at radius 1 is 0.543 bits per heavy atom. The highest BCUT2D eigenvalue weighted by Gasteiger charge is 2.36. The Morgan fingerprint density at radius 3 is 1.20 bits per heavy atom. The molecule has 0 aromatic heterocycles. The highest BCUT2D eigenvalue weighted by atomic mass is 32.2. The maximum atomic E-state index is 14.4. The van der Waals surface area contributed by atoms with E-state index in [4.69, 9.17) is 9.47 Å². The normalized spacial score (nSPS) is 13.1. The number of hydrogen-bond donors (Lipinski definition) is 0. The van der Waals surface area contributed by atoms with Gasteiger partial charge < -0.3 is 9.47 Å². The van der Waals surface area contributed by atoms with E-state index in [0.717, 1.165) is 33.8 Å². The molecule has 180 valence electrons. The van der Waals surface area contributed by atoms with Gasteiger partial charge in [-0.05, 0) is 59.4 Å². The summed E-state index contributed by atoms with van der Waals surface area (Å²) in [6.07, 6.45) is 0.755. The second-order valence-corrected chi connectivity index (χ2v) is 10.8. The fraction of sp³-hybridized carbons (Fsp3) is 0.200. The van der Waals surface area contributed by atoms with Crippen molar-refractivity contribution in [2.75, 3.05) is 14.2 Å². The van der Waals surface area contributed by atoms with Crippen molar-refractivity contribution in [2.24, 2.45) is 0 Å². The van der Waals surface area contributed by atoms with Gasteiger partial charge in [0, 0.05) is 0 Å². The van der Waals surface area contributed by atoms with Crippen molar-refractivity contribution in [2.45, 2.75) is 23.3 Å². The summed E-state index contributed by atoms with van der Waals surface area (Å²) in [4.78, 5) is 0. The molecule has 0 radical (unpaired) electrons. The standard InChI is InChI=1S/C30H30O4S/c1-33-27-17-13-23(14-18-27)21-29(25-9-5-3-6-10-25)35(31,32)30(26-11-7-4-8-12-26)22-24-15-19-28(34-2)20-16-24/h3-20,29-30H,21-22H2,1-2H3. The van der Waals surface area contributed by atoms with E-state index in [-0.39, 0.29) is 0 Å². The van der Waals surface area contributed by atoms with Gasteiger partial charge in [-0.3, -0.25) is 0 Å². The van der Waals surface area contributed by atoms with Crippen LogP contribution in [0.3, 0.4) is 0 Å². The molecule has 0 aliphatic rings. The van der Waals surface area contributed by atoms with Crippen LogP contribution in [0.1, 0.15) is 32.8 Å². The third-order valence-electron chi connectivity index (χ3n) is 6.30. The first-order chi connectivity index (χ1) is 17.0. The van der Waals surface area contributed by atoms with Crippen LogP contribution in [0.5, 0.6) is 11.5 Å². The fourth-order valence-corrected chi connectivity index (χ4v) is 6.65. The highest BCUT2D eigenvalue weighted by Crippen LogP contribution is 2.39. The van der Waals surface area contributed by atoms with E-state index in [1.165, 1.54) is 0 Å². The second kappa shape index (κ2) is 11.2.